The van der Waals surface area contributed by atoms with E-state index in [9.17, 15) is 0 Å². The Hall–Kier alpha value is -0.170. The highest BCUT2D eigenvalue weighted by molar-refractivity contribution is 6.23. The second kappa shape index (κ2) is 1.91. The zero-order chi connectivity index (χ0) is 7.30. The zero-order valence-corrected chi connectivity index (χ0v) is 6.86. The topological polar surface area (TPSA) is 12.0 Å². The summed E-state index contributed by atoms with van der Waals surface area (Å²) >= 11 is 6.01. The van der Waals surface area contributed by atoms with Gasteiger partial charge in [-0.25, -0.2) is 0 Å². The van der Waals surface area contributed by atoms with E-state index in [1.807, 2.05) is 0 Å². The molecule has 1 nitrogen and oxygen atoms in total. The third-order valence-electron chi connectivity index (χ3n) is 2.58. The van der Waals surface area contributed by atoms with Crippen LogP contribution >= 0.6 is 11.6 Å². The minimum absolute atomic E-state index is 0.370. The van der Waals surface area contributed by atoms with E-state index in [0.29, 0.717) is 17.3 Å². The van der Waals surface area contributed by atoms with Gasteiger partial charge in [0, 0.05) is 17.7 Å². The van der Waals surface area contributed by atoms with Gasteiger partial charge in [0.2, 0.25) is 0 Å². The van der Waals surface area contributed by atoms with Crippen molar-refractivity contribution in [1.29, 1.82) is 0 Å². The Morgan fingerprint density at radius 1 is 1.70 bits per heavy atom. The lowest BCUT2D eigenvalue weighted by atomic mass is 9.97. The smallest absolute Gasteiger partial charge is 0.0591 e. The first-order valence-corrected chi connectivity index (χ1v) is 4.22. The minimum Gasteiger partial charge on any atom is -0.384 e. The fraction of sp³-hybridized carbons (Fsp3) is 0.750. The summed E-state index contributed by atoms with van der Waals surface area (Å²) in [6.07, 6.45) is 1.10. The first kappa shape index (κ1) is 6.53. The molecule has 2 aliphatic rings. The molecule has 2 fully saturated rings. The minimum atomic E-state index is 0.370. The fourth-order valence-electron chi connectivity index (χ4n) is 1.96. The first-order chi connectivity index (χ1) is 4.70. The molecular formula is C8H12ClN. The van der Waals surface area contributed by atoms with Crippen molar-refractivity contribution < 1.29 is 0 Å². The molecule has 2 heteroatoms. The van der Waals surface area contributed by atoms with Crippen LogP contribution in [0.1, 0.15) is 13.3 Å². The molecular weight excluding hydrogens is 146 g/mol. The van der Waals surface area contributed by atoms with Crippen molar-refractivity contribution in [1.82, 2.24) is 5.32 Å². The second-order valence-electron chi connectivity index (χ2n) is 3.48. The molecule has 1 N–H and O–H groups in total. The van der Waals surface area contributed by atoms with E-state index < -0.39 is 0 Å². The predicted molar refractivity (Wildman–Crippen MR) is 43.0 cm³/mol. The first-order valence-electron chi connectivity index (χ1n) is 3.78. The van der Waals surface area contributed by atoms with Gasteiger partial charge < -0.3 is 5.32 Å². The lowest BCUT2D eigenvalue weighted by Gasteiger charge is -2.20. The predicted octanol–water partition coefficient (Wildman–Crippen LogP) is 1.74. The summed E-state index contributed by atoms with van der Waals surface area (Å²) in [6, 6.07) is 0.540. The normalized spacial score (nSPS) is 51.6. The summed E-state index contributed by atoms with van der Waals surface area (Å²) in [4.78, 5) is 0. The van der Waals surface area contributed by atoms with Crippen LogP contribution in [0.15, 0.2) is 12.3 Å². The van der Waals surface area contributed by atoms with Gasteiger partial charge in [-0.3, -0.25) is 0 Å². The van der Waals surface area contributed by atoms with Crippen molar-refractivity contribution in [3.05, 3.63) is 12.3 Å². The number of hydrogen-bond donors (Lipinski definition) is 1. The lowest BCUT2D eigenvalue weighted by Crippen LogP contribution is -2.25. The summed E-state index contributed by atoms with van der Waals surface area (Å²) in [5.74, 6) is 1.45. The van der Waals surface area contributed by atoms with Crippen LogP contribution in [-0.4, -0.2) is 11.4 Å². The summed E-state index contributed by atoms with van der Waals surface area (Å²) < 4.78 is 0. The summed E-state index contributed by atoms with van der Waals surface area (Å²) in [6.45, 7) is 6.16. The average Bonchev–Trinajstić information content (AvgIpc) is 2.42. The maximum Gasteiger partial charge on any atom is 0.0591 e. The Morgan fingerprint density at radius 3 is 3.00 bits per heavy atom. The monoisotopic (exact) mass is 157 g/mol. The molecule has 10 heavy (non-hydrogen) atoms. The number of allylic oxidation sites excluding steroid dienone is 1. The van der Waals surface area contributed by atoms with Crippen LogP contribution < -0.4 is 5.32 Å². The highest BCUT2D eigenvalue weighted by Gasteiger charge is 2.54. The SMILES string of the molecule is C=C1C[C@@H](C)[C@H]2[C@@H](Cl)[C@H]2N1. The van der Waals surface area contributed by atoms with Gasteiger partial charge in [-0.15, -0.1) is 11.6 Å². The highest BCUT2D eigenvalue weighted by atomic mass is 35.5. The Labute approximate surface area is 66.4 Å². The van der Waals surface area contributed by atoms with E-state index in [0.717, 1.165) is 18.0 Å². The Kier molecular flexibility index (Phi) is 1.25. The van der Waals surface area contributed by atoms with Crippen LogP contribution in [-0.2, 0) is 0 Å². The van der Waals surface area contributed by atoms with Gasteiger partial charge in [0.25, 0.3) is 0 Å². The summed E-state index contributed by atoms with van der Waals surface area (Å²) in [5.41, 5.74) is 1.16. The molecule has 0 spiro atoms. The molecule has 2 rings (SSSR count). The second-order valence-corrected chi connectivity index (χ2v) is 3.98. The van der Waals surface area contributed by atoms with Gasteiger partial charge >= 0.3 is 0 Å². The van der Waals surface area contributed by atoms with Gasteiger partial charge in [0.1, 0.15) is 0 Å². The number of piperidine rings is 1. The third-order valence-corrected chi connectivity index (χ3v) is 3.14. The van der Waals surface area contributed by atoms with E-state index in [1.54, 1.807) is 0 Å². The van der Waals surface area contributed by atoms with Crippen molar-refractivity contribution in [2.24, 2.45) is 11.8 Å². The van der Waals surface area contributed by atoms with Gasteiger partial charge in [-0.1, -0.05) is 13.5 Å². The lowest BCUT2D eigenvalue weighted by molar-refractivity contribution is 0.428. The number of halogens is 1. The molecule has 0 amide bonds. The Balaban J connectivity index is 2.09. The molecule has 1 saturated carbocycles. The highest BCUT2D eigenvalue weighted by Crippen LogP contribution is 2.47. The van der Waals surface area contributed by atoms with Crippen LogP contribution in [0.3, 0.4) is 0 Å². The van der Waals surface area contributed by atoms with Gasteiger partial charge in [-0.2, -0.15) is 0 Å². The molecule has 1 heterocycles. The van der Waals surface area contributed by atoms with Gasteiger partial charge in [-0.05, 0) is 12.3 Å². The zero-order valence-electron chi connectivity index (χ0n) is 6.10. The van der Waals surface area contributed by atoms with E-state index in [2.05, 4.69) is 18.8 Å². The molecule has 4 atom stereocenters. The molecule has 1 aliphatic heterocycles. The number of nitrogens with one attached hydrogen (secondary N) is 1. The number of hydrogen-bond acceptors (Lipinski definition) is 1. The Morgan fingerprint density at radius 2 is 2.40 bits per heavy atom. The molecule has 0 aromatic carbocycles. The molecule has 1 aliphatic carbocycles. The standard InChI is InChI=1S/C8H12ClN/c1-4-3-5(2)10-8-6(4)7(8)9/h4,6-8,10H,2-3H2,1H3/t4-,6+,7-,8+/m1/s1. The summed E-state index contributed by atoms with van der Waals surface area (Å²) in [5, 5.41) is 3.68. The van der Waals surface area contributed by atoms with Crippen LogP contribution in [0.4, 0.5) is 0 Å². The molecule has 0 bridgehead atoms. The van der Waals surface area contributed by atoms with Crippen molar-refractivity contribution in [3.8, 4) is 0 Å². The van der Waals surface area contributed by atoms with E-state index in [4.69, 9.17) is 11.6 Å². The van der Waals surface area contributed by atoms with Gasteiger partial charge in [0.05, 0.1) is 5.38 Å². The average molecular weight is 158 g/mol. The number of rotatable bonds is 0. The largest absolute Gasteiger partial charge is 0.384 e. The molecule has 56 valence electrons. The third kappa shape index (κ3) is 0.766. The van der Waals surface area contributed by atoms with E-state index >= 15 is 0 Å². The molecule has 0 radical (unpaired) electrons. The molecule has 0 unspecified atom stereocenters. The van der Waals surface area contributed by atoms with Crippen LogP contribution in [0.2, 0.25) is 0 Å². The maximum absolute atomic E-state index is 6.01. The van der Waals surface area contributed by atoms with Crippen LogP contribution in [0, 0.1) is 11.8 Å². The van der Waals surface area contributed by atoms with Crippen LogP contribution in [0.5, 0.6) is 0 Å². The fourth-order valence-corrected chi connectivity index (χ4v) is 2.51. The van der Waals surface area contributed by atoms with Crippen LogP contribution in [0.25, 0.3) is 0 Å². The number of fused-ring (bicyclic) bond motifs is 1. The summed E-state index contributed by atoms with van der Waals surface area (Å²) in [7, 11) is 0. The maximum atomic E-state index is 6.01. The van der Waals surface area contributed by atoms with Crippen molar-refractivity contribution in [3.63, 3.8) is 0 Å². The molecule has 0 aromatic rings. The Bertz CT molecular complexity index is 168. The van der Waals surface area contributed by atoms with E-state index in [-0.39, 0.29) is 0 Å². The molecule has 1 saturated heterocycles. The van der Waals surface area contributed by atoms with E-state index in [1.165, 1.54) is 0 Å². The van der Waals surface area contributed by atoms with Crippen molar-refractivity contribution >= 4 is 11.6 Å². The van der Waals surface area contributed by atoms with Gasteiger partial charge in [0.15, 0.2) is 0 Å². The van der Waals surface area contributed by atoms with Crippen molar-refractivity contribution in [2.45, 2.75) is 24.8 Å². The molecule has 0 aromatic heterocycles. The number of alkyl halides is 1. The van der Waals surface area contributed by atoms with Crippen molar-refractivity contribution in [2.75, 3.05) is 0 Å². The quantitative estimate of drug-likeness (QED) is 0.529.